The number of hydrogen-bond acceptors (Lipinski definition) is 3. The highest BCUT2D eigenvalue weighted by atomic mass is 16.5. The lowest BCUT2D eigenvalue weighted by molar-refractivity contribution is -0.0910. The Morgan fingerprint density at radius 1 is 1.00 bits per heavy atom. The van der Waals surface area contributed by atoms with Gasteiger partial charge in [0.15, 0.2) is 0 Å². The molecular weight excluding hydrogens is 320 g/mol. The lowest BCUT2D eigenvalue weighted by atomic mass is 9.76. The molecule has 0 aromatic heterocycles. The zero-order valence-corrected chi connectivity index (χ0v) is 15.4. The molecule has 3 heteroatoms. The van der Waals surface area contributed by atoms with E-state index in [0.717, 1.165) is 18.9 Å². The molecule has 26 heavy (non-hydrogen) atoms. The van der Waals surface area contributed by atoms with E-state index < -0.39 is 0 Å². The Labute approximate surface area is 156 Å². The van der Waals surface area contributed by atoms with Gasteiger partial charge in [0.2, 0.25) is 0 Å². The Hall–Kier alpha value is -1.84. The van der Waals surface area contributed by atoms with Crippen molar-refractivity contribution in [1.82, 2.24) is 5.32 Å². The average Bonchev–Trinajstić information content (AvgIpc) is 3.53. The average molecular weight is 348 g/mol. The second kappa shape index (κ2) is 6.71. The molecule has 3 nitrogen and oxygen atoms in total. The Bertz CT molecular complexity index is 771. The van der Waals surface area contributed by atoms with Gasteiger partial charge in [0.05, 0.1) is 18.2 Å². The van der Waals surface area contributed by atoms with Crippen molar-refractivity contribution in [3.8, 4) is 0 Å². The van der Waals surface area contributed by atoms with Gasteiger partial charge in [0, 0.05) is 23.7 Å². The second-order valence-electron chi connectivity index (χ2n) is 8.13. The van der Waals surface area contributed by atoms with Gasteiger partial charge in [-0.15, -0.1) is 0 Å². The number of likely N-dealkylation sites (N-methyl/N-ethyl adjacent to an activating group) is 1. The Balaban J connectivity index is 1.53. The molecule has 2 aliphatic heterocycles. The maximum absolute atomic E-state index is 6.66. The van der Waals surface area contributed by atoms with E-state index >= 15 is 0 Å². The third kappa shape index (κ3) is 2.93. The lowest BCUT2D eigenvalue weighted by Crippen LogP contribution is -2.41. The molecule has 0 bridgehead atoms. The molecule has 2 N–H and O–H groups in total. The summed E-state index contributed by atoms with van der Waals surface area (Å²) in [6.45, 7) is 0.935. The largest absolute Gasteiger partial charge is 0.378 e. The zero-order valence-electron chi connectivity index (χ0n) is 15.4. The summed E-state index contributed by atoms with van der Waals surface area (Å²) >= 11 is 0. The van der Waals surface area contributed by atoms with Crippen LogP contribution < -0.4 is 10.6 Å². The molecule has 1 saturated carbocycles. The zero-order chi connectivity index (χ0) is 17.5. The van der Waals surface area contributed by atoms with Crippen LogP contribution in [0.4, 0.5) is 5.69 Å². The number of fused-ring (bicyclic) bond motifs is 3. The molecule has 3 aliphatic rings. The summed E-state index contributed by atoms with van der Waals surface area (Å²) in [5.74, 6) is 1.27. The number of benzene rings is 2. The molecule has 5 rings (SSSR count). The van der Waals surface area contributed by atoms with Gasteiger partial charge in [0.1, 0.15) is 0 Å². The minimum atomic E-state index is 0.197. The fourth-order valence-corrected chi connectivity index (χ4v) is 4.81. The molecule has 4 atom stereocenters. The van der Waals surface area contributed by atoms with E-state index in [2.05, 4.69) is 59.2 Å². The van der Waals surface area contributed by atoms with Crippen LogP contribution in [0.5, 0.6) is 0 Å². The van der Waals surface area contributed by atoms with Crippen LogP contribution >= 0.6 is 0 Å². The summed E-state index contributed by atoms with van der Waals surface area (Å²) in [5.41, 5.74) is 5.51. The van der Waals surface area contributed by atoms with Gasteiger partial charge in [-0.3, -0.25) is 0 Å². The third-order valence-corrected chi connectivity index (χ3v) is 6.31. The number of nitrogens with one attached hydrogen (secondary N) is 2. The Morgan fingerprint density at radius 2 is 1.85 bits per heavy atom. The van der Waals surface area contributed by atoms with Gasteiger partial charge < -0.3 is 15.4 Å². The van der Waals surface area contributed by atoms with Gasteiger partial charge in [-0.05, 0) is 55.8 Å². The third-order valence-electron chi connectivity index (χ3n) is 6.31. The molecule has 0 spiro atoms. The van der Waals surface area contributed by atoms with Crippen LogP contribution in [-0.4, -0.2) is 19.7 Å². The molecule has 136 valence electrons. The van der Waals surface area contributed by atoms with E-state index in [4.69, 9.17) is 4.74 Å². The Morgan fingerprint density at radius 3 is 2.62 bits per heavy atom. The predicted octanol–water partition coefficient (Wildman–Crippen LogP) is 4.79. The normalized spacial score (nSPS) is 30.2. The molecule has 0 radical (unpaired) electrons. The minimum Gasteiger partial charge on any atom is -0.378 e. The number of ether oxygens (including phenoxy) is 1. The van der Waals surface area contributed by atoms with Crippen molar-refractivity contribution in [3.05, 3.63) is 65.2 Å². The first-order chi connectivity index (χ1) is 12.8. The number of anilines is 1. The van der Waals surface area contributed by atoms with E-state index in [-0.39, 0.29) is 6.10 Å². The molecule has 0 unspecified atom stereocenters. The molecule has 2 heterocycles. The van der Waals surface area contributed by atoms with E-state index in [1.54, 1.807) is 0 Å². The summed E-state index contributed by atoms with van der Waals surface area (Å²) < 4.78 is 6.66. The predicted molar refractivity (Wildman–Crippen MR) is 105 cm³/mol. The van der Waals surface area contributed by atoms with Gasteiger partial charge in [0.25, 0.3) is 0 Å². The summed E-state index contributed by atoms with van der Waals surface area (Å²) in [7, 11) is 2.02. The highest BCUT2D eigenvalue weighted by Crippen LogP contribution is 2.51. The van der Waals surface area contributed by atoms with Gasteiger partial charge in [-0.2, -0.15) is 0 Å². The second-order valence-corrected chi connectivity index (χ2v) is 8.13. The fourth-order valence-electron chi connectivity index (χ4n) is 4.81. The van der Waals surface area contributed by atoms with E-state index in [9.17, 15) is 0 Å². The molecular formula is C23H28N2O. The van der Waals surface area contributed by atoms with Crippen LogP contribution in [0.25, 0.3) is 0 Å². The highest BCUT2D eigenvalue weighted by Gasteiger charge is 2.42. The first-order valence-electron chi connectivity index (χ1n) is 10.1. The van der Waals surface area contributed by atoms with Crippen LogP contribution in [0.15, 0.2) is 48.5 Å². The van der Waals surface area contributed by atoms with Crippen molar-refractivity contribution in [3.63, 3.8) is 0 Å². The van der Waals surface area contributed by atoms with E-state index in [1.807, 2.05) is 7.05 Å². The fraction of sp³-hybridized carbons (Fsp3) is 0.478. The maximum atomic E-state index is 6.66. The van der Waals surface area contributed by atoms with Crippen molar-refractivity contribution in [2.45, 2.75) is 49.9 Å². The van der Waals surface area contributed by atoms with Crippen LogP contribution in [0.1, 0.15) is 60.4 Å². The van der Waals surface area contributed by atoms with Gasteiger partial charge >= 0.3 is 0 Å². The van der Waals surface area contributed by atoms with E-state index in [0.29, 0.717) is 18.1 Å². The molecule has 0 amide bonds. The van der Waals surface area contributed by atoms with Crippen molar-refractivity contribution >= 4 is 5.69 Å². The number of hydrogen-bond donors (Lipinski definition) is 2. The monoisotopic (exact) mass is 348 g/mol. The topological polar surface area (TPSA) is 33.3 Å². The van der Waals surface area contributed by atoms with Gasteiger partial charge in [-0.1, -0.05) is 42.5 Å². The van der Waals surface area contributed by atoms with E-state index in [1.165, 1.54) is 41.6 Å². The minimum absolute atomic E-state index is 0.197. The van der Waals surface area contributed by atoms with Crippen LogP contribution in [-0.2, 0) is 4.74 Å². The van der Waals surface area contributed by atoms with Crippen molar-refractivity contribution < 1.29 is 4.74 Å². The smallest absolute Gasteiger partial charge is 0.0900 e. The van der Waals surface area contributed by atoms with Crippen molar-refractivity contribution in [1.29, 1.82) is 0 Å². The summed E-state index contributed by atoms with van der Waals surface area (Å²) in [6, 6.07) is 18.3. The molecule has 1 aliphatic carbocycles. The lowest BCUT2D eigenvalue weighted by Gasteiger charge is -2.46. The molecule has 2 fully saturated rings. The standard InChI is InChI=1S/C23H28N2O/c1-24-14-18-10-11-19-22(16-5-3-2-4-6-16)25-21-12-9-17(15-7-8-15)13-20(21)23(19)26-18/h2-6,9,12-13,15,18-19,22-25H,7-8,10-11,14H2,1H3/t18-,19+,22+,23+/m1/s1. The number of rotatable bonds is 4. The van der Waals surface area contributed by atoms with Crippen LogP contribution in [0.2, 0.25) is 0 Å². The summed E-state index contributed by atoms with van der Waals surface area (Å²) in [6.07, 6.45) is 5.53. The molecule has 2 aromatic carbocycles. The summed E-state index contributed by atoms with van der Waals surface area (Å²) in [4.78, 5) is 0. The van der Waals surface area contributed by atoms with Gasteiger partial charge in [-0.25, -0.2) is 0 Å². The first kappa shape index (κ1) is 16.3. The molecule has 2 aromatic rings. The quantitative estimate of drug-likeness (QED) is 0.834. The van der Waals surface area contributed by atoms with Crippen LogP contribution in [0, 0.1) is 5.92 Å². The summed E-state index contributed by atoms with van der Waals surface area (Å²) in [5, 5.41) is 7.15. The molecule has 1 saturated heterocycles. The van der Waals surface area contributed by atoms with Crippen molar-refractivity contribution in [2.75, 3.05) is 18.9 Å². The van der Waals surface area contributed by atoms with Crippen LogP contribution in [0.3, 0.4) is 0 Å². The Kier molecular flexibility index (Phi) is 4.22. The highest BCUT2D eigenvalue weighted by molar-refractivity contribution is 5.59. The van der Waals surface area contributed by atoms with Crippen molar-refractivity contribution in [2.24, 2.45) is 5.92 Å². The maximum Gasteiger partial charge on any atom is 0.0900 e. The SMILES string of the molecule is CNC[C@H]1CC[C@@H]2[C@H](O1)c1cc(C3CC3)ccc1N[C@H]2c1ccccc1. The first-order valence-corrected chi connectivity index (χ1v) is 10.1.